The lowest BCUT2D eigenvalue weighted by Gasteiger charge is -2.35. The molecule has 1 aliphatic rings. The van der Waals surface area contributed by atoms with Gasteiger partial charge in [0.1, 0.15) is 0 Å². The lowest BCUT2D eigenvalue weighted by molar-refractivity contribution is 0.387. The molecule has 0 atom stereocenters. The zero-order chi connectivity index (χ0) is 20.4. The fraction of sp³-hybridized carbons (Fsp3) is 0.348. The van der Waals surface area contributed by atoms with E-state index in [4.69, 9.17) is 0 Å². The molecular weight excluding hydrogens is 418 g/mol. The van der Waals surface area contributed by atoms with Gasteiger partial charge >= 0.3 is 0 Å². The van der Waals surface area contributed by atoms with Crippen molar-refractivity contribution in [2.24, 2.45) is 0 Å². The van der Waals surface area contributed by atoms with Gasteiger partial charge in [-0.25, -0.2) is 8.42 Å². The zero-order valence-electron chi connectivity index (χ0n) is 17.3. The maximum atomic E-state index is 12.9. The smallest absolute Gasteiger partial charge is 0.208 e. The number of aromatic nitrogens is 1. The van der Waals surface area contributed by atoms with E-state index in [2.05, 4.69) is 35.1 Å². The Morgan fingerprint density at radius 1 is 1.00 bits per heavy atom. The highest BCUT2D eigenvalue weighted by Crippen LogP contribution is 2.30. The van der Waals surface area contributed by atoms with Gasteiger partial charge in [0.15, 0.2) is 0 Å². The largest absolute Gasteiger partial charge is 0.370 e. The highest BCUT2D eigenvalue weighted by Gasteiger charge is 2.23. The van der Waals surface area contributed by atoms with Gasteiger partial charge in [-0.15, -0.1) is 12.4 Å². The number of nitrogens with one attached hydrogen (secondary N) is 1. The maximum Gasteiger partial charge on any atom is 0.208 e. The maximum absolute atomic E-state index is 12.9. The van der Waals surface area contributed by atoms with Crippen LogP contribution in [0.15, 0.2) is 70.6 Å². The zero-order valence-corrected chi connectivity index (χ0v) is 18.9. The minimum Gasteiger partial charge on any atom is -0.370 e. The molecule has 2 heterocycles. The van der Waals surface area contributed by atoms with E-state index in [1.807, 2.05) is 18.2 Å². The molecule has 5 nitrogen and oxygen atoms in total. The van der Waals surface area contributed by atoms with Crippen molar-refractivity contribution < 1.29 is 8.42 Å². The molecule has 1 aliphatic heterocycles. The third kappa shape index (κ3) is 4.61. The summed E-state index contributed by atoms with van der Waals surface area (Å²) in [5.41, 5.74) is 1.93. The number of fused-ring (bicyclic) bond motifs is 1. The van der Waals surface area contributed by atoms with Crippen molar-refractivity contribution in [1.82, 2.24) is 10.3 Å². The minimum absolute atomic E-state index is 0. The second-order valence-corrected chi connectivity index (χ2v) is 9.87. The predicted molar refractivity (Wildman–Crippen MR) is 124 cm³/mol. The second-order valence-electron chi connectivity index (χ2n) is 7.92. The third-order valence-corrected chi connectivity index (χ3v) is 7.17. The van der Waals surface area contributed by atoms with Crippen LogP contribution in [0.2, 0.25) is 0 Å². The van der Waals surface area contributed by atoms with E-state index in [9.17, 15) is 8.42 Å². The van der Waals surface area contributed by atoms with Crippen molar-refractivity contribution in [2.75, 3.05) is 18.0 Å². The van der Waals surface area contributed by atoms with Crippen molar-refractivity contribution in [3.63, 3.8) is 0 Å². The molecule has 160 valence electrons. The fourth-order valence-corrected chi connectivity index (χ4v) is 5.28. The summed E-state index contributed by atoms with van der Waals surface area (Å²) < 4.78 is 25.9. The number of benzene rings is 2. The van der Waals surface area contributed by atoms with Crippen molar-refractivity contribution in [2.45, 2.75) is 48.6 Å². The highest BCUT2D eigenvalue weighted by molar-refractivity contribution is 7.91. The first-order chi connectivity index (χ1) is 13.9. The van der Waals surface area contributed by atoms with Gasteiger partial charge in [-0.3, -0.25) is 4.98 Å². The molecule has 30 heavy (non-hydrogen) atoms. The molecule has 1 aromatic heterocycles. The van der Waals surface area contributed by atoms with Crippen LogP contribution in [0.3, 0.4) is 0 Å². The third-order valence-electron chi connectivity index (χ3n) is 5.43. The van der Waals surface area contributed by atoms with Crippen molar-refractivity contribution in [3.05, 3.63) is 60.8 Å². The molecule has 0 amide bonds. The highest BCUT2D eigenvalue weighted by atomic mass is 35.5. The summed E-state index contributed by atoms with van der Waals surface area (Å²) in [6.45, 7) is 6.30. The standard InChI is InChI=1S/C23H27N3O2S.ClH/c1-17(2)25-19-11-13-26(14-12-19)22-10-6-7-18-15-21(16-24-23(18)22)29(27,28)20-8-4-3-5-9-20;/h3-10,15-17,19,25H,11-14H2,1-2H3;1H. The van der Waals surface area contributed by atoms with Gasteiger partial charge in [-0.05, 0) is 37.1 Å². The van der Waals surface area contributed by atoms with E-state index < -0.39 is 9.84 Å². The van der Waals surface area contributed by atoms with Crippen LogP contribution in [0.4, 0.5) is 5.69 Å². The average Bonchev–Trinajstić information content (AvgIpc) is 2.74. The topological polar surface area (TPSA) is 62.3 Å². The Labute approximate surface area is 184 Å². The number of anilines is 1. The summed E-state index contributed by atoms with van der Waals surface area (Å²) in [6, 6.07) is 17.3. The molecule has 0 aliphatic carbocycles. The first-order valence-electron chi connectivity index (χ1n) is 10.1. The Balaban J connectivity index is 0.00000256. The van der Waals surface area contributed by atoms with Gasteiger partial charge in [-0.1, -0.05) is 44.2 Å². The average molecular weight is 446 g/mol. The summed E-state index contributed by atoms with van der Waals surface area (Å²) in [7, 11) is -3.57. The quantitative estimate of drug-likeness (QED) is 0.628. The Morgan fingerprint density at radius 3 is 2.37 bits per heavy atom. The minimum atomic E-state index is -3.57. The van der Waals surface area contributed by atoms with Crippen LogP contribution in [0.1, 0.15) is 26.7 Å². The number of piperidine rings is 1. The van der Waals surface area contributed by atoms with Gasteiger partial charge in [0, 0.05) is 36.8 Å². The number of para-hydroxylation sites is 1. The molecule has 1 fully saturated rings. The van der Waals surface area contributed by atoms with Gasteiger partial charge in [0.2, 0.25) is 9.84 Å². The van der Waals surface area contributed by atoms with E-state index in [0.717, 1.165) is 42.5 Å². The van der Waals surface area contributed by atoms with E-state index >= 15 is 0 Å². The molecule has 1 N–H and O–H groups in total. The Kier molecular flexibility index (Phi) is 7.01. The lowest BCUT2D eigenvalue weighted by atomic mass is 10.0. The fourth-order valence-electron chi connectivity index (χ4n) is 4.02. The summed E-state index contributed by atoms with van der Waals surface area (Å²) in [4.78, 5) is 7.46. The van der Waals surface area contributed by atoms with E-state index in [0.29, 0.717) is 12.1 Å². The molecular formula is C23H28ClN3O2S. The number of hydrogen-bond acceptors (Lipinski definition) is 5. The first kappa shape index (κ1) is 22.5. The van der Waals surface area contributed by atoms with Gasteiger partial charge < -0.3 is 10.2 Å². The Morgan fingerprint density at radius 2 is 1.70 bits per heavy atom. The summed E-state index contributed by atoms with van der Waals surface area (Å²) in [5.74, 6) is 0. The monoisotopic (exact) mass is 445 g/mol. The van der Waals surface area contributed by atoms with Gasteiger partial charge in [-0.2, -0.15) is 0 Å². The van der Waals surface area contributed by atoms with E-state index in [-0.39, 0.29) is 22.2 Å². The van der Waals surface area contributed by atoms with Crippen LogP contribution in [0, 0.1) is 0 Å². The molecule has 4 rings (SSSR count). The molecule has 3 aromatic rings. The van der Waals surface area contributed by atoms with Gasteiger partial charge in [0.25, 0.3) is 0 Å². The molecule has 0 bridgehead atoms. The number of halogens is 1. The number of sulfone groups is 1. The van der Waals surface area contributed by atoms with Crippen LogP contribution in [-0.2, 0) is 9.84 Å². The summed E-state index contributed by atoms with van der Waals surface area (Å²) in [6.07, 6.45) is 3.67. The van der Waals surface area contributed by atoms with Crippen molar-refractivity contribution in [3.8, 4) is 0 Å². The normalized spacial score (nSPS) is 15.4. The van der Waals surface area contributed by atoms with E-state index in [1.165, 1.54) is 6.20 Å². The van der Waals surface area contributed by atoms with Crippen molar-refractivity contribution >= 4 is 38.8 Å². The molecule has 7 heteroatoms. The lowest BCUT2D eigenvalue weighted by Crippen LogP contribution is -2.44. The van der Waals surface area contributed by atoms with Crippen LogP contribution in [0.25, 0.3) is 10.9 Å². The molecule has 0 unspecified atom stereocenters. The Hall–Kier alpha value is -2.15. The molecule has 2 aromatic carbocycles. The number of pyridine rings is 1. The van der Waals surface area contributed by atoms with Crippen LogP contribution in [0.5, 0.6) is 0 Å². The second kappa shape index (κ2) is 9.33. The first-order valence-corrected chi connectivity index (χ1v) is 11.6. The van der Waals surface area contributed by atoms with Crippen LogP contribution >= 0.6 is 12.4 Å². The summed E-state index contributed by atoms with van der Waals surface area (Å²) >= 11 is 0. The number of hydrogen-bond donors (Lipinski definition) is 1. The molecule has 1 saturated heterocycles. The Bertz CT molecular complexity index is 1100. The van der Waals surface area contributed by atoms with Crippen LogP contribution < -0.4 is 10.2 Å². The summed E-state index contributed by atoms with van der Waals surface area (Å²) in [5, 5.41) is 4.47. The number of nitrogens with zero attached hydrogens (tertiary/aromatic N) is 2. The molecule has 0 saturated carbocycles. The molecule has 0 spiro atoms. The SMILES string of the molecule is CC(C)NC1CCN(c2cccc3cc(S(=O)(=O)c4ccccc4)cnc23)CC1.Cl. The van der Waals surface area contributed by atoms with Crippen molar-refractivity contribution in [1.29, 1.82) is 0 Å². The predicted octanol–water partition coefficient (Wildman–Crippen LogP) is 4.46. The van der Waals surface area contributed by atoms with Gasteiger partial charge in [0.05, 0.1) is 21.0 Å². The number of rotatable bonds is 5. The van der Waals surface area contributed by atoms with E-state index in [1.54, 1.807) is 30.3 Å². The van der Waals surface area contributed by atoms with Crippen LogP contribution in [-0.4, -0.2) is 38.6 Å². The molecule has 0 radical (unpaired) electrons.